The maximum Gasteiger partial charge on any atom is 0.130 e. The maximum absolute atomic E-state index is 6.10. The van der Waals surface area contributed by atoms with Crippen LogP contribution in [0.1, 0.15) is 22.6 Å². The van der Waals surface area contributed by atoms with E-state index in [4.69, 9.17) is 10.5 Å². The Morgan fingerprint density at radius 1 is 1.16 bits per heavy atom. The number of nitrogens with two attached hydrogens (primary N) is 1. The lowest BCUT2D eigenvalue weighted by Gasteiger charge is -2.33. The number of hydrogen-bond acceptors (Lipinski definition) is 5. The number of ether oxygens (including phenoxy) is 1. The van der Waals surface area contributed by atoms with Gasteiger partial charge in [0, 0.05) is 23.1 Å². The van der Waals surface area contributed by atoms with Crippen LogP contribution in [0.5, 0.6) is 5.75 Å². The van der Waals surface area contributed by atoms with Crippen molar-refractivity contribution in [3.05, 3.63) is 53.0 Å². The molecule has 0 aliphatic carbocycles. The summed E-state index contributed by atoms with van der Waals surface area (Å²) in [4.78, 5) is 11.3. The Kier molecular flexibility index (Phi) is 3.71. The molecule has 128 valence electrons. The van der Waals surface area contributed by atoms with Crippen LogP contribution < -0.4 is 15.4 Å². The van der Waals surface area contributed by atoms with Crippen molar-refractivity contribution in [2.24, 2.45) is 0 Å². The van der Waals surface area contributed by atoms with Gasteiger partial charge >= 0.3 is 0 Å². The Morgan fingerprint density at radius 2 is 1.96 bits per heavy atom. The van der Waals surface area contributed by atoms with Crippen LogP contribution in [-0.2, 0) is 13.0 Å². The normalized spacial score (nSPS) is 13.8. The summed E-state index contributed by atoms with van der Waals surface area (Å²) in [5, 5.41) is 2.42. The fourth-order valence-electron chi connectivity index (χ4n) is 3.80. The van der Waals surface area contributed by atoms with Gasteiger partial charge < -0.3 is 15.4 Å². The van der Waals surface area contributed by atoms with Crippen LogP contribution in [0.25, 0.3) is 10.8 Å². The molecule has 5 heteroatoms. The molecule has 0 saturated heterocycles. The third kappa shape index (κ3) is 2.56. The first-order chi connectivity index (χ1) is 12.1. The molecular formula is C20H22N4O. The van der Waals surface area contributed by atoms with Gasteiger partial charge in [0.05, 0.1) is 25.0 Å². The topological polar surface area (TPSA) is 64.3 Å². The highest BCUT2D eigenvalue weighted by atomic mass is 16.5. The second kappa shape index (κ2) is 5.92. The number of benzene rings is 2. The Labute approximate surface area is 147 Å². The van der Waals surface area contributed by atoms with Crippen LogP contribution in [0.3, 0.4) is 0 Å². The summed E-state index contributed by atoms with van der Waals surface area (Å²) in [6.45, 7) is 5.64. The van der Waals surface area contributed by atoms with Crippen LogP contribution in [0.4, 0.5) is 11.5 Å². The highest BCUT2D eigenvalue weighted by Gasteiger charge is 2.24. The molecule has 0 spiro atoms. The van der Waals surface area contributed by atoms with Crippen molar-refractivity contribution in [1.82, 2.24) is 9.97 Å². The lowest BCUT2D eigenvalue weighted by molar-refractivity contribution is 0.412. The number of nitrogens with zero attached hydrogens (tertiary/aromatic N) is 3. The summed E-state index contributed by atoms with van der Waals surface area (Å²) in [6, 6.07) is 10.6. The fraction of sp³-hybridized carbons (Fsp3) is 0.300. The van der Waals surface area contributed by atoms with Gasteiger partial charge in [-0.2, -0.15) is 0 Å². The zero-order valence-corrected chi connectivity index (χ0v) is 14.8. The molecule has 3 aromatic rings. The quantitative estimate of drug-likeness (QED) is 0.778. The number of methoxy groups -OCH3 is 1. The van der Waals surface area contributed by atoms with Crippen LogP contribution in [0.2, 0.25) is 0 Å². The van der Waals surface area contributed by atoms with Gasteiger partial charge in [0.25, 0.3) is 0 Å². The molecule has 1 aliphatic rings. The van der Waals surface area contributed by atoms with E-state index >= 15 is 0 Å². The number of nitrogen functional groups attached to an aromatic ring is 1. The number of hydrogen-bond donors (Lipinski definition) is 1. The van der Waals surface area contributed by atoms with E-state index in [1.54, 1.807) is 7.11 Å². The Hall–Kier alpha value is -2.82. The van der Waals surface area contributed by atoms with Crippen LogP contribution in [0, 0.1) is 13.8 Å². The average Bonchev–Trinajstić information content (AvgIpc) is 2.60. The molecule has 1 aliphatic heterocycles. The molecule has 25 heavy (non-hydrogen) atoms. The van der Waals surface area contributed by atoms with E-state index in [0.29, 0.717) is 5.82 Å². The molecule has 2 heterocycles. The standard InChI is InChI=1S/C20H22N4O/c1-12-18(25-3)10-14-6-4-5-7-15(14)19(12)24-9-8-16-17(11-24)22-13(2)23-20(16)21/h4-7,10H,8-9,11H2,1-3H3,(H2,21,22,23). The first-order valence-corrected chi connectivity index (χ1v) is 8.51. The molecule has 0 saturated carbocycles. The number of rotatable bonds is 2. The van der Waals surface area contributed by atoms with Gasteiger partial charge in [0.15, 0.2) is 0 Å². The van der Waals surface area contributed by atoms with Gasteiger partial charge in [0.1, 0.15) is 17.4 Å². The Balaban J connectivity index is 1.86. The molecule has 5 nitrogen and oxygen atoms in total. The SMILES string of the molecule is COc1cc2ccccc2c(N2CCc3c(N)nc(C)nc3C2)c1C. The molecular weight excluding hydrogens is 312 g/mol. The van der Waals surface area contributed by atoms with Crippen molar-refractivity contribution >= 4 is 22.3 Å². The first-order valence-electron chi connectivity index (χ1n) is 8.51. The number of aromatic nitrogens is 2. The van der Waals surface area contributed by atoms with Gasteiger partial charge in [-0.15, -0.1) is 0 Å². The zero-order valence-electron chi connectivity index (χ0n) is 14.8. The predicted octanol–water partition coefficient (Wildman–Crippen LogP) is 3.40. The lowest BCUT2D eigenvalue weighted by atomic mass is 9.99. The highest BCUT2D eigenvalue weighted by Crippen LogP contribution is 2.39. The van der Waals surface area contributed by atoms with E-state index in [0.717, 1.165) is 47.9 Å². The molecule has 0 fully saturated rings. The minimum atomic E-state index is 0.620. The van der Waals surface area contributed by atoms with Gasteiger partial charge in [-0.1, -0.05) is 24.3 Å². The van der Waals surface area contributed by atoms with Crippen molar-refractivity contribution in [3.8, 4) is 5.75 Å². The smallest absolute Gasteiger partial charge is 0.130 e. The molecule has 2 N–H and O–H groups in total. The Morgan fingerprint density at radius 3 is 2.76 bits per heavy atom. The highest BCUT2D eigenvalue weighted by molar-refractivity contribution is 5.97. The average molecular weight is 334 g/mol. The van der Waals surface area contributed by atoms with Gasteiger partial charge in [0.2, 0.25) is 0 Å². The van der Waals surface area contributed by atoms with Gasteiger partial charge in [-0.3, -0.25) is 0 Å². The van der Waals surface area contributed by atoms with E-state index in [2.05, 4.69) is 52.1 Å². The molecule has 1 aromatic heterocycles. The fourth-order valence-corrected chi connectivity index (χ4v) is 3.80. The molecule has 0 atom stereocenters. The van der Waals surface area contributed by atoms with E-state index in [1.807, 2.05) is 6.92 Å². The minimum absolute atomic E-state index is 0.620. The summed E-state index contributed by atoms with van der Waals surface area (Å²) in [6.07, 6.45) is 0.854. The minimum Gasteiger partial charge on any atom is -0.496 e. The molecule has 0 bridgehead atoms. The summed E-state index contributed by atoms with van der Waals surface area (Å²) in [7, 11) is 1.73. The molecule has 0 unspecified atom stereocenters. The first kappa shape index (κ1) is 15.7. The van der Waals surface area contributed by atoms with Crippen molar-refractivity contribution in [2.45, 2.75) is 26.8 Å². The number of anilines is 2. The van der Waals surface area contributed by atoms with Crippen LogP contribution in [-0.4, -0.2) is 23.6 Å². The van der Waals surface area contributed by atoms with Crippen molar-refractivity contribution < 1.29 is 4.74 Å². The largest absolute Gasteiger partial charge is 0.496 e. The van der Waals surface area contributed by atoms with E-state index in [9.17, 15) is 0 Å². The van der Waals surface area contributed by atoms with Crippen LogP contribution in [0.15, 0.2) is 30.3 Å². The third-order valence-corrected chi connectivity index (χ3v) is 4.97. The molecule has 0 radical (unpaired) electrons. The second-order valence-corrected chi connectivity index (χ2v) is 6.53. The van der Waals surface area contributed by atoms with Crippen molar-refractivity contribution in [2.75, 3.05) is 24.3 Å². The maximum atomic E-state index is 6.10. The molecule has 2 aromatic carbocycles. The van der Waals surface area contributed by atoms with E-state index in [-0.39, 0.29) is 0 Å². The van der Waals surface area contributed by atoms with Crippen molar-refractivity contribution in [1.29, 1.82) is 0 Å². The summed E-state index contributed by atoms with van der Waals surface area (Å²) < 4.78 is 5.62. The second-order valence-electron chi connectivity index (χ2n) is 6.53. The number of aryl methyl sites for hydroxylation is 1. The zero-order chi connectivity index (χ0) is 17.6. The van der Waals surface area contributed by atoms with E-state index < -0.39 is 0 Å². The van der Waals surface area contributed by atoms with E-state index in [1.165, 1.54) is 16.5 Å². The number of fused-ring (bicyclic) bond motifs is 2. The van der Waals surface area contributed by atoms with Crippen molar-refractivity contribution in [3.63, 3.8) is 0 Å². The lowest BCUT2D eigenvalue weighted by Crippen LogP contribution is -2.33. The van der Waals surface area contributed by atoms with Gasteiger partial charge in [-0.25, -0.2) is 9.97 Å². The summed E-state index contributed by atoms with van der Waals surface area (Å²) in [5.74, 6) is 2.26. The molecule has 0 amide bonds. The Bertz CT molecular complexity index is 968. The summed E-state index contributed by atoms with van der Waals surface area (Å²) >= 11 is 0. The van der Waals surface area contributed by atoms with Gasteiger partial charge in [-0.05, 0) is 31.7 Å². The van der Waals surface area contributed by atoms with Crippen LogP contribution >= 0.6 is 0 Å². The third-order valence-electron chi connectivity index (χ3n) is 4.97. The molecule has 4 rings (SSSR count). The monoisotopic (exact) mass is 334 g/mol. The summed E-state index contributed by atoms with van der Waals surface area (Å²) in [5.41, 5.74) is 10.6. The predicted molar refractivity (Wildman–Crippen MR) is 101 cm³/mol.